The number of halogens is 4. The highest BCUT2D eigenvalue weighted by Crippen LogP contribution is 1.49. The molecule has 0 aromatic rings. The van der Waals surface area contributed by atoms with Crippen molar-refractivity contribution >= 4 is 49.6 Å². The Hall–Kier alpha value is 1.04. The Morgan fingerprint density at radius 3 is 1.18 bits per heavy atom. The van der Waals surface area contributed by atoms with E-state index < -0.39 is 0 Å². The number of hydrogen-bond donors (Lipinski definition) is 3. The predicted molar refractivity (Wildman–Crippen MR) is 60.0 cm³/mol. The van der Waals surface area contributed by atoms with E-state index in [0.717, 1.165) is 13.1 Å². The summed E-state index contributed by atoms with van der Waals surface area (Å²) < 4.78 is 0. The van der Waals surface area contributed by atoms with Crippen molar-refractivity contribution in [3.05, 3.63) is 0 Å². The van der Waals surface area contributed by atoms with Crippen LogP contribution in [0.3, 0.4) is 0 Å². The van der Waals surface area contributed by atoms with Crippen LogP contribution in [0.1, 0.15) is 0 Å². The summed E-state index contributed by atoms with van der Waals surface area (Å²) in [6.07, 6.45) is 0. The van der Waals surface area contributed by atoms with Crippen molar-refractivity contribution in [1.82, 2.24) is 5.32 Å². The molecule has 0 amide bonds. The average molecular weight is 249 g/mol. The lowest BCUT2D eigenvalue weighted by Crippen LogP contribution is -2.27. The molecule has 0 aromatic carbocycles. The van der Waals surface area contributed by atoms with Gasteiger partial charge in [-0.25, -0.2) is 0 Å². The van der Waals surface area contributed by atoms with Gasteiger partial charge in [0.15, 0.2) is 0 Å². The quantitative estimate of drug-likeness (QED) is 0.623. The molecule has 5 N–H and O–H groups in total. The Balaban J connectivity index is -0.0000000300. The summed E-state index contributed by atoms with van der Waals surface area (Å²) in [6, 6.07) is 0. The van der Waals surface area contributed by atoms with E-state index in [0.29, 0.717) is 13.1 Å². The lowest BCUT2D eigenvalue weighted by atomic mass is 10.6. The highest BCUT2D eigenvalue weighted by molar-refractivity contribution is 5.86. The van der Waals surface area contributed by atoms with Crippen molar-refractivity contribution in [2.75, 3.05) is 26.2 Å². The molecule has 0 saturated carbocycles. The number of rotatable bonds is 4. The van der Waals surface area contributed by atoms with Gasteiger partial charge < -0.3 is 16.8 Å². The molecule has 0 fully saturated rings. The van der Waals surface area contributed by atoms with Gasteiger partial charge >= 0.3 is 0 Å². The molecule has 0 aliphatic carbocycles. The van der Waals surface area contributed by atoms with Gasteiger partial charge in [0, 0.05) is 26.2 Å². The molecule has 0 rings (SSSR count). The van der Waals surface area contributed by atoms with Gasteiger partial charge in [0.05, 0.1) is 0 Å². The van der Waals surface area contributed by atoms with Gasteiger partial charge in [0.25, 0.3) is 0 Å². The van der Waals surface area contributed by atoms with Crippen LogP contribution in [0, 0.1) is 0 Å². The lowest BCUT2D eigenvalue weighted by Gasteiger charge is -1.95. The summed E-state index contributed by atoms with van der Waals surface area (Å²) in [5.41, 5.74) is 10.3. The Morgan fingerprint density at radius 2 is 1.00 bits per heavy atom. The molecule has 3 nitrogen and oxygen atoms in total. The summed E-state index contributed by atoms with van der Waals surface area (Å²) >= 11 is 0. The van der Waals surface area contributed by atoms with Crippen LogP contribution in [0.25, 0.3) is 0 Å². The SMILES string of the molecule is Cl.Cl.Cl.Cl.NCCNCCN. The van der Waals surface area contributed by atoms with Crippen LogP contribution in [0.5, 0.6) is 0 Å². The largest absolute Gasteiger partial charge is 0.329 e. The average Bonchev–Trinajstić information content (AvgIpc) is 1.69. The van der Waals surface area contributed by atoms with E-state index >= 15 is 0 Å². The van der Waals surface area contributed by atoms with Crippen molar-refractivity contribution in [3.63, 3.8) is 0 Å². The van der Waals surface area contributed by atoms with Crippen LogP contribution in [0.4, 0.5) is 0 Å². The molecule has 0 aromatic heterocycles. The zero-order valence-electron chi connectivity index (χ0n) is 6.12. The molecule has 0 radical (unpaired) electrons. The first-order valence-electron chi connectivity index (χ1n) is 2.52. The standard InChI is InChI=1S/C4H13N3.4ClH/c5-1-3-7-4-2-6;;;;/h7H,1-6H2;4*1H. The lowest BCUT2D eigenvalue weighted by molar-refractivity contribution is 0.696. The Kier molecular flexibility index (Phi) is 82.1. The van der Waals surface area contributed by atoms with Crippen molar-refractivity contribution in [3.8, 4) is 0 Å². The number of nitrogens with one attached hydrogen (secondary N) is 1. The maximum Gasteiger partial charge on any atom is 0.00750 e. The fraction of sp³-hybridized carbons (Fsp3) is 1.00. The molecule has 76 valence electrons. The van der Waals surface area contributed by atoms with Crippen molar-refractivity contribution in [1.29, 1.82) is 0 Å². The molecule has 0 spiro atoms. The molecule has 0 heterocycles. The topological polar surface area (TPSA) is 64.1 Å². The van der Waals surface area contributed by atoms with Crippen LogP contribution in [0.2, 0.25) is 0 Å². The predicted octanol–water partition coefficient (Wildman–Crippen LogP) is 0.181. The normalized spacial score (nSPS) is 6.00. The van der Waals surface area contributed by atoms with Gasteiger partial charge in [-0.3, -0.25) is 0 Å². The molecule has 7 heteroatoms. The minimum absolute atomic E-state index is 0. The minimum atomic E-state index is 0. The van der Waals surface area contributed by atoms with Crippen molar-refractivity contribution in [2.24, 2.45) is 11.5 Å². The molecule has 11 heavy (non-hydrogen) atoms. The van der Waals surface area contributed by atoms with E-state index in [2.05, 4.69) is 5.32 Å². The van der Waals surface area contributed by atoms with E-state index in [4.69, 9.17) is 11.5 Å². The smallest absolute Gasteiger partial charge is 0.00750 e. The molecule has 0 atom stereocenters. The van der Waals surface area contributed by atoms with Gasteiger partial charge in [-0.15, -0.1) is 49.6 Å². The number of hydrogen-bond acceptors (Lipinski definition) is 3. The first-order valence-corrected chi connectivity index (χ1v) is 2.52. The molecule has 0 unspecified atom stereocenters. The second-order valence-electron chi connectivity index (χ2n) is 1.33. The third-order valence-corrected chi connectivity index (χ3v) is 0.642. The summed E-state index contributed by atoms with van der Waals surface area (Å²) in [5, 5.41) is 3.03. The molecular formula is C4H17Cl4N3. The Labute approximate surface area is 92.7 Å². The third-order valence-electron chi connectivity index (χ3n) is 0.642. The van der Waals surface area contributed by atoms with E-state index in [1.807, 2.05) is 0 Å². The summed E-state index contributed by atoms with van der Waals surface area (Å²) in [6.45, 7) is 3.13. The monoisotopic (exact) mass is 247 g/mol. The molecule has 0 bridgehead atoms. The fourth-order valence-corrected chi connectivity index (χ4v) is 0.329. The van der Waals surface area contributed by atoms with Gasteiger partial charge in [-0.1, -0.05) is 0 Å². The highest BCUT2D eigenvalue weighted by Gasteiger charge is 1.76. The van der Waals surface area contributed by atoms with Gasteiger partial charge in [0.2, 0.25) is 0 Å². The van der Waals surface area contributed by atoms with Crippen LogP contribution >= 0.6 is 49.6 Å². The second-order valence-corrected chi connectivity index (χ2v) is 1.33. The van der Waals surface area contributed by atoms with E-state index in [1.54, 1.807) is 0 Å². The zero-order valence-corrected chi connectivity index (χ0v) is 9.38. The molecular weight excluding hydrogens is 232 g/mol. The third kappa shape index (κ3) is 35.5. The van der Waals surface area contributed by atoms with Crippen LogP contribution in [-0.2, 0) is 0 Å². The van der Waals surface area contributed by atoms with E-state index in [9.17, 15) is 0 Å². The maximum absolute atomic E-state index is 5.17. The van der Waals surface area contributed by atoms with Gasteiger partial charge in [-0.05, 0) is 0 Å². The van der Waals surface area contributed by atoms with Gasteiger partial charge in [-0.2, -0.15) is 0 Å². The summed E-state index contributed by atoms with van der Waals surface area (Å²) in [4.78, 5) is 0. The van der Waals surface area contributed by atoms with Crippen molar-refractivity contribution < 1.29 is 0 Å². The summed E-state index contributed by atoms with van der Waals surface area (Å²) in [5.74, 6) is 0. The van der Waals surface area contributed by atoms with Crippen LogP contribution in [-0.4, -0.2) is 26.2 Å². The Bertz CT molecular complexity index is 36.5. The first kappa shape index (κ1) is 29.6. The minimum Gasteiger partial charge on any atom is -0.329 e. The maximum atomic E-state index is 5.17. The van der Waals surface area contributed by atoms with Crippen LogP contribution < -0.4 is 16.8 Å². The summed E-state index contributed by atoms with van der Waals surface area (Å²) in [7, 11) is 0. The Morgan fingerprint density at radius 1 is 0.727 bits per heavy atom. The zero-order chi connectivity index (χ0) is 5.54. The molecule has 0 aliphatic rings. The van der Waals surface area contributed by atoms with Crippen LogP contribution in [0.15, 0.2) is 0 Å². The highest BCUT2D eigenvalue weighted by atomic mass is 35.5. The van der Waals surface area contributed by atoms with E-state index in [-0.39, 0.29) is 49.6 Å². The number of nitrogens with two attached hydrogens (primary N) is 2. The molecule has 0 saturated heterocycles. The molecule has 0 aliphatic heterocycles. The fourth-order valence-electron chi connectivity index (χ4n) is 0.329. The van der Waals surface area contributed by atoms with Crippen molar-refractivity contribution in [2.45, 2.75) is 0 Å². The van der Waals surface area contributed by atoms with E-state index in [1.165, 1.54) is 0 Å². The first-order chi connectivity index (χ1) is 3.41. The van der Waals surface area contributed by atoms with Gasteiger partial charge in [0.1, 0.15) is 0 Å². The second kappa shape index (κ2) is 30.5.